The van der Waals surface area contributed by atoms with Gasteiger partial charge in [-0.1, -0.05) is 6.08 Å². The van der Waals surface area contributed by atoms with Gasteiger partial charge in [-0.3, -0.25) is 9.30 Å². The van der Waals surface area contributed by atoms with Gasteiger partial charge in [0.2, 0.25) is 10.0 Å². The van der Waals surface area contributed by atoms with Gasteiger partial charge in [0.05, 0.1) is 25.2 Å². The summed E-state index contributed by atoms with van der Waals surface area (Å²) in [6, 6.07) is 0. The number of aliphatic imine (C=N–C) groups is 1. The average molecular weight is 174 g/mol. The molecule has 0 saturated heterocycles. The molecule has 0 spiro atoms. The normalized spacial score (nSPS) is 17.3. The molecule has 0 fully saturated rings. The van der Waals surface area contributed by atoms with Crippen molar-refractivity contribution in [1.82, 2.24) is 4.31 Å². The molecule has 0 saturated carbocycles. The van der Waals surface area contributed by atoms with Crippen molar-refractivity contribution in [2.75, 3.05) is 18.8 Å². The third kappa shape index (κ3) is 1.80. The molecule has 1 rings (SSSR count). The van der Waals surface area contributed by atoms with E-state index in [1.807, 2.05) is 0 Å². The van der Waals surface area contributed by atoms with Crippen LogP contribution in [0.3, 0.4) is 0 Å². The number of hydrogen-bond acceptors (Lipinski definition) is 3. The van der Waals surface area contributed by atoms with E-state index in [0.29, 0.717) is 13.1 Å². The SMILES string of the molecule is C=CCS(=O)(=O)N1C=NCC1. The fourth-order valence-electron chi connectivity index (χ4n) is 0.818. The van der Waals surface area contributed by atoms with Crippen molar-refractivity contribution in [2.45, 2.75) is 0 Å². The Balaban J connectivity index is 2.72. The topological polar surface area (TPSA) is 49.7 Å². The standard InChI is InChI=1S/C6H10N2O2S/c1-2-5-11(9,10)8-4-3-7-6-8/h2,6H,1,3-5H2. The summed E-state index contributed by atoms with van der Waals surface area (Å²) in [5, 5.41) is 0. The van der Waals surface area contributed by atoms with Crippen LogP contribution in [0.25, 0.3) is 0 Å². The highest BCUT2D eigenvalue weighted by Gasteiger charge is 2.19. The minimum absolute atomic E-state index is 0.0149. The molecule has 0 aromatic rings. The van der Waals surface area contributed by atoms with Gasteiger partial charge in [0, 0.05) is 0 Å². The van der Waals surface area contributed by atoms with E-state index in [4.69, 9.17) is 0 Å². The van der Waals surface area contributed by atoms with E-state index in [9.17, 15) is 8.42 Å². The monoisotopic (exact) mass is 174 g/mol. The predicted octanol–water partition coefficient (Wildman–Crippen LogP) is -0.154. The van der Waals surface area contributed by atoms with Crippen LogP contribution < -0.4 is 0 Å². The molecule has 4 nitrogen and oxygen atoms in total. The molecule has 0 amide bonds. The highest BCUT2D eigenvalue weighted by molar-refractivity contribution is 7.89. The fourth-order valence-corrected chi connectivity index (χ4v) is 1.88. The molecular weight excluding hydrogens is 164 g/mol. The lowest BCUT2D eigenvalue weighted by Crippen LogP contribution is -2.29. The summed E-state index contributed by atoms with van der Waals surface area (Å²) in [7, 11) is -3.14. The Labute approximate surface area is 66.3 Å². The molecule has 5 heteroatoms. The molecule has 0 aromatic heterocycles. The van der Waals surface area contributed by atoms with E-state index >= 15 is 0 Å². The maximum atomic E-state index is 11.2. The highest BCUT2D eigenvalue weighted by Crippen LogP contribution is 2.02. The van der Waals surface area contributed by atoms with Crippen LogP contribution in [0.4, 0.5) is 0 Å². The lowest BCUT2D eigenvalue weighted by atomic mass is 10.7. The molecule has 0 N–H and O–H groups in total. The molecule has 1 aliphatic heterocycles. The van der Waals surface area contributed by atoms with Crippen molar-refractivity contribution in [3.63, 3.8) is 0 Å². The Kier molecular flexibility index (Phi) is 2.28. The Hall–Kier alpha value is -0.840. The Morgan fingerprint density at radius 2 is 2.45 bits per heavy atom. The maximum absolute atomic E-state index is 11.2. The second-order valence-corrected chi connectivity index (χ2v) is 4.17. The van der Waals surface area contributed by atoms with Crippen LogP contribution in [0.15, 0.2) is 17.6 Å². The van der Waals surface area contributed by atoms with Gasteiger partial charge in [-0.25, -0.2) is 8.42 Å². The summed E-state index contributed by atoms with van der Waals surface area (Å²) in [4.78, 5) is 3.80. The van der Waals surface area contributed by atoms with Crippen LogP contribution in [0.5, 0.6) is 0 Å². The van der Waals surface area contributed by atoms with Gasteiger partial charge >= 0.3 is 0 Å². The van der Waals surface area contributed by atoms with E-state index in [1.54, 1.807) is 0 Å². The molecule has 0 atom stereocenters. The summed E-state index contributed by atoms with van der Waals surface area (Å²) in [5.41, 5.74) is 0. The molecule has 1 aliphatic rings. The van der Waals surface area contributed by atoms with Crippen molar-refractivity contribution in [3.8, 4) is 0 Å². The first-order valence-corrected chi connectivity index (χ1v) is 4.88. The van der Waals surface area contributed by atoms with E-state index < -0.39 is 10.0 Å². The average Bonchev–Trinajstić information content (AvgIpc) is 2.37. The van der Waals surface area contributed by atoms with Crippen LogP contribution >= 0.6 is 0 Å². The van der Waals surface area contributed by atoms with E-state index in [-0.39, 0.29) is 5.75 Å². The molecule has 62 valence electrons. The largest absolute Gasteiger partial charge is 0.273 e. The van der Waals surface area contributed by atoms with Gasteiger partial charge in [0.1, 0.15) is 0 Å². The molecule has 0 aromatic carbocycles. The maximum Gasteiger partial charge on any atom is 0.239 e. The zero-order valence-electron chi connectivity index (χ0n) is 6.10. The zero-order valence-corrected chi connectivity index (χ0v) is 6.92. The lowest BCUT2D eigenvalue weighted by molar-refractivity contribution is 0.544. The molecule has 0 radical (unpaired) electrons. The van der Waals surface area contributed by atoms with E-state index in [1.165, 1.54) is 16.7 Å². The first-order valence-electron chi connectivity index (χ1n) is 3.27. The molecule has 1 heterocycles. The first-order chi connectivity index (χ1) is 5.17. The minimum atomic E-state index is -3.14. The Bertz CT molecular complexity index is 268. The van der Waals surface area contributed by atoms with Crippen molar-refractivity contribution in [3.05, 3.63) is 12.7 Å². The Morgan fingerprint density at radius 1 is 1.73 bits per heavy atom. The van der Waals surface area contributed by atoms with Crippen LogP contribution in [0, 0.1) is 0 Å². The molecule has 11 heavy (non-hydrogen) atoms. The molecule has 0 bridgehead atoms. The van der Waals surface area contributed by atoms with Crippen molar-refractivity contribution < 1.29 is 8.42 Å². The van der Waals surface area contributed by atoms with E-state index in [2.05, 4.69) is 11.6 Å². The minimum Gasteiger partial charge on any atom is -0.273 e. The summed E-state index contributed by atoms with van der Waals surface area (Å²) < 4.78 is 23.6. The number of sulfonamides is 1. The molecular formula is C6H10N2O2S. The summed E-state index contributed by atoms with van der Waals surface area (Å²) in [5.74, 6) is -0.0149. The fraction of sp³-hybridized carbons (Fsp3) is 0.500. The van der Waals surface area contributed by atoms with Gasteiger partial charge in [0.25, 0.3) is 0 Å². The second kappa shape index (κ2) is 3.04. The molecule has 0 unspecified atom stereocenters. The lowest BCUT2D eigenvalue weighted by Gasteiger charge is -2.11. The van der Waals surface area contributed by atoms with Crippen LogP contribution in [-0.2, 0) is 10.0 Å². The van der Waals surface area contributed by atoms with Crippen molar-refractivity contribution in [2.24, 2.45) is 4.99 Å². The van der Waals surface area contributed by atoms with Gasteiger partial charge in [-0.2, -0.15) is 0 Å². The second-order valence-electron chi connectivity index (χ2n) is 2.20. The van der Waals surface area contributed by atoms with Crippen molar-refractivity contribution in [1.29, 1.82) is 0 Å². The predicted molar refractivity (Wildman–Crippen MR) is 44.0 cm³/mol. The Morgan fingerprint density at radius 3 is 2.91 bits per heavy atom. The van der Waals surface area contributed by atoms with Crippen LogP contribution in [0.1, 0.15) is 0 Å². The smallest absolute Gasteiger partial charge is 0.239 e. The summed E-state index contributed by atoms with van der Waals surface area (Å²) in [6.07, 6.45) is 2.74. The van der Waals surface area contributed by atoms with Crippen LogP contribution in [-0.4, -0.2) is 37.9 Å². The molecule has 0 aliphatic carbocycles. The zero-order chi connectivity index (χ0) is 8.32. The first kappa shape index (κ1) is 8.26. The highest BCUT2D eigenvalue weighted by atomic mass is 32.2. The third-order valence-electron chi connectivity index (χ3n) is 1.35. The van der Waals surface area contributed by atoms with Crippen molar-refractivity contribution >= 4 is 16.4 Å². The van der Waals surface area contributed by atoms with E-state index in [0.717, 1.165) is 0 Å². The number of nitrogens with zero attached hydrogens (tertiary/aromatic N) is 2. The van der Waals surface area contributed by atoms with Gasteiger partial charge in [0.15, 0.2) is 0 Å². The van der Waals surface area contributed by atoms with Gasteiger partial charge in [-0.05, 0) is 0 Å². The van der Waals surface area contributed by atoms with Gasteiger partial charge < -0.3 is 0 Å². The number of hydrogen-bond donors (Lipinski definition) is 0. The van der Waals surface area contributed by atoms with Gasteiger partial charge in [-0.15, -0.1) is 6.58 Å². The summed E-state index contributed by atoms with van der Waals surface area (Å²) >= 11 is 0. The van der Waals surface area contributed by atoms with Crippen LogP contribution in [0.2, 0.25) is 0 Å². The number of rotatable bonds is 3. The third-order valence-corrected chi connectivity index (χ3v) is 2.99. The quantitative estimate of drug-likeness (QED) is 0.558. The summed E-state index contributed by atoms with van der Waals surface area (Å²) in [6.45, 7) is 4.40.